The van der Waals surface area contributed by atoms with E-state index in [0.717, 1.165) is 24.9 Å². The molecule has 0 aromatic heterocycles. The molecule has 26 heavy (non-hydrogen) atoms. The minimum absolute atomic E-state index is 0.228. The summed E-state index contributed by atoms with van der Waals surface area (Å²) in [6.07, 6.45) is 16.7. The van der Waals surface area contributed by atoms with Crippen molar-refractivity contribution in [2.45, 2.75) is 88.8 Å². The van der Waals surface area contributed by atoms with Gasteiger partial charge in [0.15, 0.2) is 0 Å². The average Bonchev–Trinajstić information content (AvgIpc) is 2.68. The van der Waals surface area contributed by atoms with Crippen molar-refractivity contribution in [1.29, 1.82) is 0 Å². The average molecular weight is 358 g/mol. The minimum Gasteiger partial charge on any atom is -0.335 e. The molecule has 4 fully saturated rings. The van der Waals surface area contributed by atoms with E-state index in [1.54, 1.807) is 5.57 Å². The van der Waals surface area contributed by atoms with Crippen molar-refractivity contribution in [3.05, 3.63) is 11.6 Å². The van der Waals surface area contributed by atoms with Gasteiger partial charge in [0.1, 0.15) is 0 Å². The summed E-state index contributed by atoms with van der Waals surface area (Å²) < 4.78 is 0. The van der Waals surface area contributed by atoms with Gasteiger partial charge < -0.3 is 10.2 Å². The van der Waals surface area contributed by atoms with Gasteiger partial charge in [-0.25, -0.2) is 4.79 Å². The van der Waals surface area contributed by atoms with E-state index in [4.69, 9.17) is 0 Å². The number of hydrogen-bond donors (Lipinski definition) is 1. The van der Waals surface area contributed by atoms with E-state index in [0.29, 0.717) is 18.0 Å². The Morgan fingerprint density at radius 1 is 1.00 bits per heavy atom. The number of hydrogen-bond acceptors (Lipinski definition) is 2. The third-order valence-electron chi connectivity index (χ3n) is 7.85. The molecule has 2 amide bonds. The Balaban J connectivity index is 1.34. The molecule has 2 bridgehead atoms. The summed E-state index contributed by atoms with van der Waals surface area (Å²) in [7, 11) is 0. The van der Waals surface area contributed by atoms with Gasteiger partial charge in [-0.15, -0.1) is 0 Å². The normalized spacial score (nSPS) is 38.2. The third-order valence-corrected chi connectivity index (χ3v) is 7.85. The summed E-state index contributed by atoms with van der Waals surface area (Å²) in [6.45, 7) is 3.45. The second kappa shape index (κ2) is 7.18. The predicted octanol–water partition coefficient (Wildman–Crippen LogP) is 3.92. The lowest BCUT2D eigenvalue weighted by Crippen LogP contribution is -2.61. The first-order chi connectivity index (χ1) is 12.8. The van der Waals surface area contributed by atoms with Gasteiger partial charge in [-0.05, 0) is 63.3 Å². The molecule has 5 rings (SSSR count). The number of amides is 2. The van der Waals surface area contributed by atoms with Crippen LogP contribution >= 0.6 is 0 Å². The molecule has 3 aliphatic heterocycles. The van der Waals surface area contributed by atoms with Gasteiger partial charge in [0.25, 0.3) is 0 Å². The quantitative estimate of drug-likeness (QED) is 0.722. The molecule has 1 N–H and O–H groups in total. The molecule has 3 heterocycles. The molecule has 2 unspecified atom stereocenters. The summed E-state index contributed by atoms with van der Waals surface area (Å²) in [5.74, 6) is 1.41. The second-order valence-corrected chi connectivity index (χ2v) is 9.49. The maximum absolute atomic E-state index is 13.1. The zero-order chi connectivity index (χ0) is 17.5. The summed E-state index contributed by atoms with van der Waals surface area (Å²) in [6, 6.07) is 1.82. The standard InChI is InChI=1S/C22H35N3O/c26-22(23-19-8-2-1-3-9-19)25-12-6-7-16-13-17-14-18(21(16)25)15-24-11-5-4-10-20(17)24/h13,17-21H,1-12,14-15H2,(H,23,26)/t17?,18?,20-,21-/m1/s1. The van der Waals surface area contributed by atoms with Crippen LogP contribution < -0.4 is 5.32 Å². The van der Waals surface area contributed by atoms with Gasteiger partial charge in [0.2, 0.25) is 0 Å². The topological polar surface area (TPSA) is 35.6 Å². The molecule has 1 saturated carbocycles. The first-order valence-corrected chi connectivity index (χ1v) is 11.3. The Kier molecular flexibility index (Phi) is 4.72. The number of rotatable bonds is 1. The van der Waals surface area contributed by atoms with E-state index < -0.39 is 0 Å². The number of nitrogens with one attached hydrogen (secondary N) is 1. The highest BCUT2D eigenvalue weighted by Gasteiger charge is 2.47. The van der Waals surface area contributed by atoms with Crippen LogP contribution in [0.4, 0.5) is 4.79 Å². The number of carbonyl (C=O) groups is 1. The Labute approximate surface area is 158 Å². The highest BCUT2D eigenvalue weighted by Crippen LogP contribution is 2.45. The van der Waals surface area contributed by atoms with Crippen molar-refractivity contribution in [1.82, 2.24) is 15.1 Å². The van der Waals surface area contributed by atoms with Gasteiger partial charge in [0.05, 0.1) is 6.04 Å². The van der Waals surface area contributed by atoms with Crippen LogP contribution in [0, 0.1) is 11.8 Å². The number of urea groups is 1. The van der Waals surface area contributed by atoms with E-state index in [1.165, 1.54) is 77.3 Å². The highest BCUT2D eigenvalue weighted by molar-refractivity contribution is 5.75. The van der Waals surface area contributed by atoms with Gasteiger partial charge in [-0.3, -0.25) is 4.90 Å². The number of carbonyl (C=O) groups excluding carboxylic acids is 1. The first kappa shape index (κ1) is 17.1. The van der Waals surface area contributed by atoms with Crippen LogP contribution in [0.25, 0.3) is 0 Å². The molecule has 2 aliphatic carbocycles. The molecule has 4 heteroatoms. The van der Waals surface area contributed by atoms with Gasteiger partial charge >= 0.3 is 6.03 Å². The molecule has 5 aliphatic rings. The van der Waals surface area contributed by atoms with Crippen LogP contribution in [-0.4, -0.2) is 53.6 Å². The third kappa shape index (κ3) is 3.08. The Morgan fingerprint density at radius 2 is 1.85 bits per heavy atom. The van der Waals surface area contributed by atoms with Crippen molar-refractivity contribution < 1.29 is 4.79 Å². The number of likely N-dealkylation sites (tertiary alicyclic amines) is 1. The number of nitrogens with zero attached hydrogens (tertiary/aromatic N) is 2. The van der Waals surface area contributed by atoms with Crippen LogP contribution in [-0.2, 0) is 0 Å². The van der Waals surface area contributed by atoms with E-state index in [1.807, 2.05) is 0 Å². The fourth-order valence-electron chi connectivity index (χ4n) is 6.71. The van der Waals surface area contributed by atoms with Crippen LogP contribution in [0.15, 0.2) is 11.6 Å². The Hall–Kier alpha value is -1.03. The van der Waals surface area contributed by atoms with Crippen LogP contribution in [0.3, 0.4) is 0 Å². The first-order valence-electron chi connectivity index (χ1n) is 11.3. The lowest BCUT2D eigenvalue weighted by atomic mass is 9.68. The van der Waals surface area contributed by atoms with Crippen molar-refractivity contribution in [2.75, 3.05) is 19.6 Å². The SMILES string of the molecule is O=C(NC1CCCCC1)N1CCCC2=CC3CC(CN4CCCC[C@H]34)[C@@H]21. The zero-order valence-electron chi connectivity index (χ0n) is 16.2. The summed E-state index contributed by atoms with van der Waals surface area (Å²) >= 11 is 0. The number of piperidine rings is 3. The molecular weight excluding hydrogens is 322 g/mol. The fourth-order valence-corrected chi connectivity index (χ4v) is 6.71. The van der Waals surface area contributed by atoms with Crippen molar-refractivity contribution >= 4 is 6.03 Å². The van der Waals surface area contributed by atoms with E-state index >= 15 is 0 Å². The van der Waals surface area contributed by atoms with Crippen molar-refractivity contribution in [3.8, 4) is 0 Å². The summed E-state index contributed by atoms with van der Waals surface area (Å²) in [5.41, 5.74) is 1.60. The van der Waals surface area contributed by atoms with Gasteiger partial charge in [0, 0.05) is 25.2 Å². The van der Waals surface area contributed by atoms with E-state index in [9.17, 15) is 4.79 Å². The summed E-state index contributed by atoms with van der Waals surface area (Å²) in [4.78, 5) is 18.1. The smallest absolute Gasteiger partial charge is 0.318 e. The molecule has 4 atom stereocenters. The molecular formula is C22H35N3O. The highest BCUT2D eigenvalue weighted by atomic mass is 16.2. The maximum atomic E-state index is 13.1. The van der Waals surface area contributed by atoms with E-state index in [-0.39, 0.29) is 6.03 Å². The number of fused-ring (bicyclic) bond motifs is 6. The van der Waals surface area contributed by atoms with Crippen LogP contribution in [0.5, 0.6) is 0 Å². The lowest BCUT2D eigenvalue weighted by Gasteiger charge is -2.54. The van der Waals surface area contributed by atoms with Crippen molar-refractivity contribution in [3.63, 3.8) is 0 Å². The van der Waals surface area contributed by atoms with Gasteiger partial charge in [-0.1, -0.05) is 37.3 Å². The van der Waals surface area contributed by atoms with Gasteiger partial charge in [-0.2, -0.15) is 0 Å². The largest absolute Gasteiger partial charge is 0.335 e. The molecule has 0 aromatic carbocycles. The molecule has 4 nitrogen and oxygen atoms in total. The van der Waals surface area contributed by atoms with E-state index in [2.05, 4.69) is 21.2 Å². The second-order valence-electron chi connectivity index (χ2n) is 9.49. The molecule has 0 spiro atoms. The minimum atomic E-state index is 0.228. The zero-order valence-corrected chi connectivity index (χ0v) is 16.2. The van der Waals surface area contributed by atoms with Crippen LogP contribution in [0.1, 0.15) is 70.6 Å². The van der Waals surface area contributed by atoms with Crippen molar-refractivity contribution in [2.24, 2.45) is 11.8 Å². The molecule has 3 saturated heterocycles. The maximum Gasteiger partial charge on any atom is 0.318 e. The Morgan fingerprint density at radius 3 is 2.73 bits per heavy atom. The van der Waals surface area contributed by atoms with Crippen LogP contribution in [0.2, 0.25) is 0 Å². The lowest BCUT2D eigenvalue weighted by molar-refractivity contribution is 0.00757. The summed E-state index contributed by atoms with van der Waals surface area (Å²) in [5, 5.41) is 3.40. The predicted molar refractivity (Wildman–Crippen MR) is 104 cm³/mol. The Bertz CT molecular complexity index is 568. The molecule has 0 aromatic rings. The fraction of sp³-hybridized carbons (Fsp3) is 0.864. The molecule has 0 radical (unpaired) electrons. The molecule has 144 valence electrons. The monoisotopic (exact) mass is 357 g/mol.